The molecule has 1 amide bonds. The molecule has 1 N–H and O–H groups in total. The van der Waals surface area contributed by atoms with E-state index in [-0.39, 0.29) is 30.0 Å². The van der Waals surface area contributed by atoms with Crippen molar-refractivity contribution in [1.29, 1.82) is 0 Å². The predicted octanol–water partition coefficient (Wildman–Crippen LogP) is 2.45. The van der Waals surface area contributed by atoms with Gasteiger partial charge in [0.1, 0.15) is 0 Å². The van der Waals surface area contributed by atoms with Gasteiger partial charge in [-0.2, -0.15) is 11.3 Å². The summed E-state index contributed by atoms with van der Waals surface area (Å²) in [5.74, 6) is -0.241. The van der Waals surface area contributed by atoms with Gasteiger partial charge in [-0.1, -0.05) is 12.1 Å². The standard InChI is InChI=1S/C16H19N3O4S/c1-18(2)14(12-7-8-24-11-12)9-17-16(20)10-23-15-6-4-3-5-13(15)19(21)22/h3-8,11,14H,9-10H2,1-2H3,(H,17,20). The molecule has 1 unspecified atom stereocenters. The summed E-state index contributed by atoms with van der Waals surface area (Å²) in [5, 5.41) is 17.7. The van der Waals surface area contributed by atoms with Crippen LogP contribution in [0.4, 0.5) is 5.69 Å². The summed E-state index contributed by atoms with van der Waals surface area (Å²) in [6.45, 7) is 0.164. The number of benzene rings is 1. The number of rotatable bonds is 8. The molecule has 1 aromatic carbocycles. The Balaban J connectivity index is 1.89. The molecule has 0 saturated heterocycles. The summed E-state index contributed by atoms with van der Waals surface area (Å²) >= 11 is 1.60. The Hall–Kier alpha value is -2.45. The summed E-state index contributed by atoms with van der Waals surface area (Å²) < 4.78 is 5.28. The van der Waals surface area contributed by atoms with Crippen molar-refractivity contribution >= 4 is 22.9 Å². The second-order valence-electron chi connectivity index (χ2n) is 5.35. The van der Waals surface area contributed by atoms with Crippen LogP contribution in [0.5, 0.6) is 5.75 Å². The molecule has 24 heavy (non-hydrogen) atoms. The van der Waals surface area contributed by atoms with Crippen LogP contribution in [0.25, 0.3) is 0 Å². The summed E-state index contributed by atoms with van der Waals surface area (Å²) in [6.07, 6.45) is 0. The SMILES string of the molecule is CN(C)C(CNC(=O)COc1ccccc1[N+](=O)[O-])c1ccsc1. The molecular weight excluding hydrogens is 330 g/mol. The number of likely N-dealkylation sites (N-methyl/N-ethyl adjacent to an activating group) is 1. The number of nitro groups is 1. The van der Waals surface area contributed by atoms with Crippen molar-refractivity contribution in [1.82, 2.24) is 10.2 Å². The third kappa shape index (κ3) is 4.77. The fraction of sp³-hybridized carbons (Fsp3) is 0.312. The Kier molecular flexibility index (Phi) is 6.28. The number of ether oxygens (including phenoxy) is 1. The zero-order chi connectivity index (χ0) is 17.5. The van der Waals surface area contributed by atoms with E-state index in [9.17, 15) is 14.9 Å². The van der Waals surface area contributed by atoms with Gasteiger partial charge in [-0.3, -0.25) is 14.9 Å². The largest absolute Gasteiger partial charge is 0.477 e. The Morgan fingerprint density at radius 2 is 2.12 bits per heavy atom. The molecule has 2 rings (SSSR count). The van der Waals surface area contributed by atoms with E-state index in [4.69, 9.17) is 4.74 Å². The Labute approximate surface area is 144 Å². The lowest BCUT2D eigenvalue weighted by Crippen LogP contribution is -2.36. The van der Waals surface area contributed by atoms with Gasteiger partial charge in [-0.15, -0.1) is 0 Å². The highest BCUT2D eigenvalue weighted by Crippen LogP contribution is 2.25. The molecule has 128 valence electrons. The zero-order valence-electron chi connectivity index (χ0n) is 13.5. The fourth-order valence-electron chi connectivity index (χ4n) is 2.20. The van der Waals surface area contributed by atoms with Crippen LogP contribution in [0, 0.1) is 10.1 Å². The van der Waals surface area contributed by atoms with E-state index in [1.54, 1.807) is 23.5 Å². The van der Waals surface area contributed by atoms with Gasteiger partial charge in [-0.05, 0) is 42.6 Å². The molecular formula is C16H19N3O4S. The second kappa shape index (κ2) is 8.42. The van der Waals surface area contributed by atoms with Gasteiger partial charge in [0.05, 0.1) is 11.0 Å². The number of para-hydroxylation sites is 2. The van der Waals surface area contributed by atoms with Crippen molar-refractivity contribution < 1.29 is 14.5 Å². The van der Waals surface area contributed by atoms with Gasteiger partial charge in [0.15, 0.2) is 12.4 Å². The predicted molar refractivity (Wildman–Crippen MR) is 92.3 cm³/mol. The first kappa shape index (κ1) is 17.9. The minimum absolute atomic E-state index is 0.0614. The number of nitrogens with one attached hydrogen (secondary N) is 1. The molecule has 0 fully saturated rings. The van der Waals surface area contributed by atoms with Crippen molar-refractivity contribution in [2.24, 2.45) is 0 Å². The molecule has 0 aliphatic carbocycles. The second-order valence-corrected chi connectivity index (χ2v) is 6.13. The quantitative estimate of drug-likeness (QED) is 0.584. The molecule has 2 aromatic rings. The van der Waals surface area contributed by atoms with E-state index in [1.807, 2.05) is 35.8 Å². The van der Waals surface area contributed by atoms with Crippen LogP contribution in [0.15, 0.2) is 41.1 Å². The van der Waals surface area contributed by atoms with Crippen LogP contribution in [-0.2, 0) is 4.79 Å². The van der Waals surface area contributed by atoms with Crippen LogP contribution in [-0.4, -0.2) is 43.0 Å². The number of carbonyl (C=O) groups excluding carboxylic acids is 1. The molecule has 7 nitrogen and oxygen atoms in total. The van der Waals surface area contributed by atoms with Crippen LogP contribution in [0.1, 0.15) is 11.6 Å². The van der Waals surface area contributed by atoms with Gasteiger partial charge < -0.3 is 15.0 Å². The number of amides is 1. The van der Waals surface area contributed by atoms with E-state index in [0.29, 0.717) is 6.54 Å². The topological polar surface area (TPSA) is 84.7 Å². The third-order valence-electron chi connectivity index (χ3n) is 3.46. The van der Waals surface area contributed by atoms with Gasteiger partial charge in [0, 0.05) is 12.6 Å². The van der Waals surface area contributed by atoms with Crippen molar-refractivity contribution in [3.63, 3.8) is 0 Å². The fourth-order valence-corrected chi connectivity index (χ4v) is 2.91. The van der Waals surface area contributed by atoms with Gasteiger partial charge in [0.2, 0.25) is 0 Å². The minimum atomic E-state index is -0.536. The van der Waals surface area contributed by atoms with E-state index in [2.05, 4.69) is 5.32 Å². The Morgan fingerprint density at radius 3 is 2.75 bits per heavy atom. The molecule has 8 heteroatoms. The maximum absolute atomic E-state index is 12.0. The van der Waals surface area contributed by atoms with Crippen LogP contribution < -0.4 is 10.1 Å². The summed E-state index contributed by atoms with van der Waals surface area (Å²) in [4.78, 5) is 24.4. The van der Waals surface area contributed by atoms with Crippen LogP contribution in [0.2, 0.25) is 0 Å². The van der Waals surface area contributed by atoms with Gasteiger partial charge in [-0.25, -0.2) is 0 Å². The summed E-state index contributed by atoms with van der Waals surface area (Å²) in [6, 6.07) is 8.06. The molecule has 1 atom stereocenters. The Morgan fingerprint density at radius 1 is 1.38 bits per heavy atom. The number of hydrogen-bond donors (Lipinski definition) is 1. The molecule has 1 heterocycles. The highest BCUT2D eigenvalue weighted by Gasteiger charge is 2.17. The lowest BCUT2D eigenvalue weighted by Gasteiger charge is -2.24. The minimum Gasteiger partial charge on any atom is -0.477 e. The summed E-state index contributed by atoms with van der Waals surface area (Å²) in [5.41, 5.74) is 0.972. The van der Waals surface area contributed by atoms with E-state index >= 15 is 0 Å². The average molecular weight is 349 g/mol. The smallest absolute Gasteiger partial charge is 0.310 e. The van der Waals surface area contributed by atoms with Crippen molar-refractivity contribution in [3.05, 3.63) is 56.8 Å². The maximum Gasteiger partial charge on any atom is 0.310 e. The number of thiophene rings is 1. The monoisotopic (exact) mass is 349 g/mol. The van der Waals surface area contributed by atoms with Gasteiger partial charge >= 0.3 is 5.69 Å². The number of carbonyl (C=O) groups is 1. The lowest BCUT2D eigenvalue weighted by molar-refractivity contribution is -0.385. The molecule has 0 aliphatic heterocycles. The lowest BCUT2D eigenvalue weighted by atomic mass is 10.1. The number of hydrogen-bond acceptors (Lipinski definition) is 6. The molecule has 0 radical (unpaired) electrons. The first-order valence-corrected chi connectivity index (χ1v) is 8.24. The highest BCUT2D eigenvalue weighted by molar-refractivity contribution is 7.07. The molecule has 0 spiro atoms. The first-order valence-electron chi connectivity index (χ1n) is 7.30. The normalized spacial score (nSPS) is 12.0. The molecule has 0 aliphatic rings. The Bertz CT molecular complexity index is 688. The first-order chi connectivity index (χ1) is 11.5. The molecule has 0 saturated carbocycles. The molecule has 1 aromatic heterocycles. The van der Waals surface area contributed by atoms with Crippen LogP contribution >= 0.6 is 11.3 Å². The van der Waals surface area contributed by atoms with E-state index < -0.39 is 4.92 Å². The van der Waals surface area contributed by atoms with Crippen molar-refractivity contribution in [2.75, 3.05) is 27.2 Å². The van der Waals surface area contributed by atoms with Crippen LogP contribution in [0.3, 0.4) is 0 Å². The van der Waals surface area contributed by atoms with E-state index in [1.165, 1.54) is 12.1 Å². The zero-order valence-corrected chi connectivity index (χ0v) is 14.3. The maximum atomic E-state index is 12.0. The third-order valence-corrected chi connectivity index (χ3v) is 4.17. The van der Waals surface area contributed by atoms with Crippen molar-refractivity contribution in [3.8, 4) is 5.75 Å². The summed E-state index contributed by atoms with van der Waals surface area (Å²) in [7, 11) is 3.89. The van der Waals surface area contributed by atoms with E-state index in [0.717, 1.165) is 5.56 Å². The number of nitrogens with zero attached hydrogens (tertiary/aromatic N) is 2. The average Bonchev–Trinajstić information content (AvgIpc) is 3.07. The number of nitro benzene ring substituents is 1. The molecule has 0 bridgehead atoms. The highest BCUT2D eigenvalue weighted by atomic mass is 32.1. The van der Waals surface area contributed by atoms with Crippen molar-refractivity contribution in [2.45, 2.75) is 6.04 Å². The van der Waals surface area contributed by atoms with Gasteiger partial charge in [0.25, 0.3) is 5.91 Å².